The molecule has 1 amide bonds. The van der Waals surface area contributed by atoms with Crippen molar-refractivity contribution in [3.05, 3.63) is 72.2 Å². The number of nitrogens with zero attached hydrogens (tertiary/aromatic N) is 2. The first-order chi connectivity index (χ1) is 13.9. The van der Waals surface area contributed by atoms with E-state index in [4.69, 9.17) is 4.74 Å². The normalized spacial score (nSPS) is 11.6. The zero-order valence-electron chi connectivity index (χ0n) is 15.1. The number of alkyl halides is 3. The van der Waals surface area contributed by atoms with Crippen LogP contribution in [0.2, 0.25) is 0 Å². The lowest BCUT2D eigenvalue weighted by molar-refractivity contribution is -0.137. The average molecular weight is 400 g/mol. The number of carbonyl (C=O) groups excluding carboxylic acids is 1. The fraction of sp³-hybridized carbons (Fsp3) is 0.100. The molecule has 0 spiro atoms. The summed E-state index contributed by atoms with van der Waals surface area (Å²) in [4.78, 5) is 15.8. The van der Waals surface area contributed by atoms with Crippen LogP contribution in [0.5, 0.6) is 5.75 Å². The van der Waals surface area contributed by atoms with E-state index in [1.165, 1.54) is 30.1 Å². The van der Waals surface area contributed by atoms with E-state index in [0.717, 1.165) is 23.0 Å². The van der Waals surface area contributed by atoms with Crippen molar-refractivity contribution in [2.75, 3.05) is 12.4 Å². The fourth-order valence-corrected chi connectivity index (χ4v) is 3.00. The largest absolute Gasteiger partial charge is 0.493 e. The number of methoxy groups -OCH3 is 1. The van der Waals surface area contributed by atoms with E-state index in [0.29, 0.717) is 5.69 Å². The highest BCUT2D eigenvalue weighted by atomic mass is 19.4. The molecule has 9 heteroatoms. The summed E-state index contributed by atoms with van der Waals surface area (Å²) < 4.78 is 45.3. The van der Waals surface area contributed by atoms with Crippen LogP contribution in [0.3, 0.4) is 0 Å². The van der Waals surface area contributed by atoms with Gasteiger partial charge in [0.15, 0.2) is 11.4 Å². The van der Waals surface area contributed by atoms with Crippen LogP contribution in [0, 0.1) is 0 Å². The number of carbonyl (C=O) groups is 1. The number of aromatic amines is 1. The van der Waals surface area contributed by atoms with Crippen LogP contribution in [0.4, 0.5) is 18.9 Å². The van der Waals surface area contributed by atoms with Crippen molar-refractivity contribution in [1.29, 1.82) is 0 Å². The summed E-state index contributed by atoms with van der Waals surface area (Å²) in [5, 5.41) is 7.73. The lowest BCUT2D eigenvalue weighted by atomic mass is 10.2. The molecular weight excluding hydrogens is 385 g/mol. The van der Waals surface area contributed by atoms with Gasteiger partial charge in [-0.1, -0.05) is 12.1 Å². The standard InChI is InChI=1S/C20H15F3N4O2/c1-29-17-11-27(13-5-2-4-12(10-13)20(21,22)23)26-18(17)19(28)25-16-7-3-6-15-14(16)8-9-24-15/h2-11,24H,1H3,(H,25,28). The van der Waals surface area contributed by atoms with Gasteiger partial charge in [0.05, 0.1) is 30.2 Å². The van der Waals surface area contributed by atoms with Gasteiger partial charge in [-0.15, -0.1) is 0 Å². The summed E-state index contributed by atoms with van der Waals surface area (Å²) in [6.45, 7) is 0. The summed E-state index contributed by atoms with van der Waals surface area (Å²) in [5.74, 6) is -0.401. The molecule has 4 rings (SSSR count). The SMILES string of the molecule is COc1cn(-c2cccc(C(F)(F)F)c2)nc1C(=O)Nc1cccc2[nH]ccc12. The average Bonchev–Trinajstić information content (AvgIpc) is 3.35. The number of ether oxygens (including phenoxy) is 1. The second-order valence-corrected chi connectivity index (χ2v) is 6.24. The molecule has 2 heterocycles. The highest BCUT2D eigenvalue weighted by molar-refractivity contribution is 6.09. The third-order valence-electron chi connectivity index (χ3n) is 4.40. The van der Waals surface area contributed by atoms with Crippen LogP contribution < -0.4 is 10.1 Å². The number of amides is 1. The molecule has 2 aromatic heterocycles. The number of fused-ring (bicyclic) bond motifs is 1. The molecule has 0 aliphatic rings. The lowest BCUT2D eigenvalue weighted by Gasteiger charge is -2.08. The summed E-state index contributed by atoms with van der Waals surface area (Å²) in [5.41, 5.74) is 0.727. The molecule has 0 fully saturated rings. The van der Waals surface area contributed by atoms with Crippen LogP contribution in [0.15, 0.2) is 60.9 Å². The monoisotopic (exact) mass is 400 g/mol. The van der Waals surface area contributed by atoms with E-state index in [-0.39, 0.29) is 17.1 Å². The molecule has 0 saturated heterocycles. The number of aromatic nitrogens is 3. The maximum absolute atomic E-state index is 13.0. The number of H-pyrrole nitrogens is 1. The number of halogens is 3. The van der Waals surface area contributed by atoms with Gasteiger partial charge < -0.3 is 15.0 Å². The number of nitrogens with one attached hydrogen (secondary N) is 2. The number of benzene rings is 2. The van der Waals surface area contributed by atoms with Crippen LogP contribution in [-0.2, 0) is 6.18 Å². The smallest absolute Gasteiger partial charge is 0.416 e. The predicted octanol–water partition coefficient (Wildman–Crippen LogP) is 4.63. The van der Waals surface area contributed by atoms with E-state index < -0.39 is 17.6 Å². The zero-order valence-corrected chi connectivity index (χ0v) is 15.1. The van der Waals surface area contributed by atoms with Gasteiger partial charge in [0.25, 0.3) is 5.91 Å². The Kier molecular flexibility index (Phi) is 4.50. The zero-order chi connectivity index (χ0) is 20.6. The summed E-state index contributed by atoms with van der Waals surface area (Å²) in [6, 6.07) is 11.9. The molecule has 29 heavy (non-hydrogen) atoms. The van der Waals surface area contributed by atoms with Crippen molar-refractivity contribution in [2.24, 2.45) is 0 Å². The molecule has 0 atom stereocenters. The van der Waals surface area contributed by atoms with Crippen molar-refractivity contribution >= 4 is 22.5 Å². The molecule has 148 valence electrons. The Labute approximate surface area is 162 Å². The Hall–Kier alpha value is -3.75. The highest BCUT2D eigenvalue weighted by Crippen LogP contribution is 2.31. The van der Waals surface area contributed by atoms with Crippen LogP contribution in [0.1, 0.15) is 16.1 Å². The van der Waals surface area contributed by atoms with Gasteiger partial charge >= 0.3 is 6.18 Å². The number of hydrogen-bond acceptors (Lipinski definition) is 3. The molecule has 6 nitrogen and oxygen atoms in total. The maximum atomic E-state index is 13.0. The first-order valence-electron chi connectivity index (χ1n) is 8.55. The topological polar surface area (TPSA) is 71.9 Å². The Morgan fingerprint density at radius 1 is 1.17 bits per heavy atom. The van der Waals surface area contributed by atoms with E-state index >= 15 is 0 Å². The molecule has 0 bridgehead atoms. The van der Waals surface area contributed by atoms with Crippen molar-refractivity contribution in [3.63, 3.8) is 0 Å². The number of rotatable bonds is 4. The molecule has 0 radical (unpaired) electrons. The van der Waals surface area contributed by atoms with E-state index in [9.17, 15) is 18.0 Å². The molecule has 0 unspecified atom stereocenters. The van der Waals surface area contributed by atoms with Crippen LogP contribution in [-0.4, -0.2) is 27.8 Å². The van der Waals surface area contributed by atoms with E-state index in [2.05, 4.69) is 15.4 Å². The minimum Gasteiger partial charge on any atom is -0.493 e. The fourth-order valence-electron chi connectivity index (χ4n) is 3.00. The predicted molar refractivity (Wildman–Crippen MR) is 101 cm³/mol. The van der Waals surface area contributed by atoms with Crippen molar-refractivity contribution < 1.29 is 22.7 Å². The number of anilines is 1. The van der Waals surface area contributed by atoms with Crippen LogP contribution >= 0.6 is 0 Å². The van der Waals surface area contributed by atoms with Crippen molar-refractivity contribution in [1.82, 2.24) is 14.8 Å². The van der Waals surface area contributed by atoms with Gasteiger partial charge in [-0.3, -0.25) is 4.79 Å². The Bertz CT molecular complexity index is 1190. The first kappa shape index (κ1) is 18.6. The first-order valence-corrected chi connectivity index (χ1v) is 8.55. The lowest BCUT2D eigenvalue weighted by Crippen LogP contribution is -2.14. The molecule has 0 aliphatic heterocycles. The molecule has 2 N–H and O–H groups in total. The van der Waals surface area contributed by atoms with Gasteiger partial charge in [-0.25, -0.2) is 4.68 Å². The van der Waals surface area contributed by atoms with Crippen LogP contribution in [0.25, 0.3) is 16.6 Å². The van der Waals surface area contributed by atoms with Gasteiger partial charge in [0, 0.05) is 17.1 Å². The molecule has 2 aromatic carbocycles. The second-order valence-electron chi connectivity index (χ2n) is 6.24. The molecule has 0 saturated carbocycles. The third-order valence-corrected chi connectivity index (χ3v) is 4.40. The van der Waals surface area contributed by atoms with Gasteiger partial charge in [0.2, 0.25) is 0 Å². The van der Waals surface area contributed by atoms with Gasteiger partial charge in [-0.2, -0.15) is 18.3 Å². The highest BCUT2D eigenvalue weighted by Gasteiger charge is 2.30. The van der Waals surface area contributed by atoms with E-state index in [1.807, 2.05) is 12.1 Å². The van der Waals surface area contributed by atoms with Gasteiger partial charge in [-0.05, 0) is 36.4 Å². The molecule has 4 aromatic rings. The minimum absolute atomic E-state index is 0.0440. The second kappa shape index (κ2) is 7.01. The van der Waals surface area contributed by atoms with E-state index in [1.54, 1.807) is 18.3 Å². The quantitative estimate of drug-likeness (QED) is 0.525. The number of hydrogen-bond donors (Lipinski definition) is 2. The molecular formula is C20H15F3N4O2. The summed E-state index contributed by atoms with van der Waals surface area (Å²) in [7, 11) is 1.36. The third kappa shape index (κ3) is 3.54. The Morgan fingerprint density at radius 2 is 1.97 bits per heavy atom. The van der Waals surface area contributed by atoms with Gasteiger partial charge in [0.1, 0.15) is 0 Å². The van der Waals surface area contributed by atoms with Crippen molar-refractivity contribution in [2.45, 2.75) is 6.18 Å². The Morgan fingerprint density at radius 3 is 2.72 bits per heavy atom. The molecule has 0 aliphatic carbocycles. The summed E-state index contributed by atoms with van der Waals surface area (Å²) in [6.07, 6.45) is -1.37. The van der Waals surface area contributed by atoms with Crippen molar-refractivity contribution in [3.8, 4) is 11.4 Å². The minimum atomic E-state index is -4.48. The summed E-state index contributed by atoms with van der Waals surface area (Å²) >= 11 is 0. The Balaban J connectivity index is 1.68. The maximum Gasteiger partial charge on any atom is 0.416 e.